The molecule has 0 spiro atoms. The summed E-state index contributed by atoms with van der Waals surface area (Å²) in [5.41, 5.74) is 1.52. The van der Waals surface area contributed by atoms with Crippen molar-refractivity contribution in [3.8, 4) is 6.07 Å². The molecule has 2 fully saturated rings. The number of hydrogen-bond acceptors (Lipinski definition) is 4. The van der Waals surface area contributed by atoms with E-state index in [9.17, 15) is 5.11 Å². The maximum Gasteiger partial charge on any atom is 0.101 e. The summed E-state index contributed by atoms with van der Waals surface area (Å²) in [5, 5.41) is 19.7. The van der Waals surface area contributed by atoms with Crippen LogP contribution in [0.15, 0.2) is 18.2 Å². The van der Waals surface area contributed by atoms with Crippen LogP contribution in [0.2, 0.25) is 5.02 Å². The fourth-order valence-electron chi connectivity index (χ4n) is 3.45. The molecule has 0 radical (unpaired) electrons. The molecule has 4 nitrogen and oxygen atoms in total. The van der Waals surface area contributed by atoms with Crippen LogP contribution >= 0.6 is 11.6 Å². The molecule has 0 saturated carbocycles. The van der Waals surface area contributed by atoms with E-state index in [1.54, 1.807) is 6.07 Å². The van der Waals surface area contributed by atoms with Crippen molar-refractivity contribution in [1.29, 1.82) is 5.26 Å². The normalized spacial score (nSPS) is 29.4. The van der Waals surface area contributed by atoms with Crippen LogP contribution in [0.25, 0.3) is 0 Å². The lowest BCUT2D eigenvalue weighted by Crippen LogP contribution is -2.46. The molecule has 1 aromatic rings. The second kappa shape index (κ2) is 6.23. The summed E-state index contributed by atoms with van der Waals surface area (Å²) in [7, 11) is 0. The van der Waals surface area contributed by atoms with Crippen molar-refractivity contribution in [3.05, 3.63) is 28.8 Å². The standard InChI is InChI=1S/C16H19ClN2O2/c17-14-8-12(4-3-11(14)9-18)19-6-1-2-15(19)13-10-21-7-5-16(13)20/h3-4,8,13,15-16,20H,1-2,5-7,10H2/t13-,15+,16-/m0/s1. The van der Waals surface area contributed by atoms with Gasteiger partial charge in [0, 0.05) is 30.8 Å². The van der Waals surface area contributed by atoms with E-state index >= 15 is 0 Å². The van der Waals surface area contributed by atoms with Crippen LogP contribution in [0.5, 0.6) is 0 Å². The highest BCUT2D eigenvalue weighted by Crippen LogP contribution is 2.35. The molecule has 21 heavy (non-hydrogen) atoms. The zero-order chi connectivity index (χ0) is 14.8. The number of hydrogen-bond donors (Lipinski definition) is 1. The molecule has 112 valence electrons. The molecule has 3 rings (SSSR count). The number of aliphatic hydroxyl groups is 1. The minimum Gasteiger partial charge on any atom is -0.393 e. The average molecular weight is 307 g/mol. The van der Waals surface area contributed by atoms with E-state index < -0.39 is 0 Å². The lowest BCUT2D eigenvalue weighted by Gasteiger charge is -2.38. The van der Waals surface area contributed by atoms with Crippen molar-refractivity contribution < 1.29 is 9.84 Å². The molecule has 0 bridgehead atoms. The quantitative estimate of drug-likeness (QED) is 0.912. The fraction of sp³-hybridized carbons (Fsp3) is 0.562. The first-order chi connectivity index (χ1) is 10.2. The third-order valence-electron chi connectivity index (χ3n) is 4.56. The zero-order valence-corrected chi connectivity index (χ0v) is 12.6. The van der Waals surface area contributed by atoms with Crippen molar-refractivity contribution >= 4 is 17.3 Å². The van der Waals surface area contributed by atoms with Crippen molar-refractivity contribution in [2.24, 2.45) is 5.92 Å². The Balaban J connectivity index is 1.83. The van der Waals surface area contributed by atoms with Gasteiger partial charge in [0.15, 0.2) is 0 Å². The molecule has 3 atom stereocenters. The van der Waals surface area contributed by atoms with Gasteiger partial charge in [-0.05, 0) is 37.5 Å². The molecule has 2 aliphatic rings. The number of rotatable bonds is 2. The summed E-state index contributed by atoms with van der Waals surface area (Å²) in [5.74, 6) is 0.149. The largest absolute Gasteiger partial charge is 0.393 e. The van der Waals surface area contributed by atoms with Gasteiger partial charge in [0.1, 0.15) is 6.07 Å². The number of aliphatic hydroxyl groups excluding tert-OH is 1. The molecule has 1 N–H and O–H groups in total. The van der Waals surface area contributed by atoms with Crippen molar-refractivity contribution in [3.63, 3.8) is 0 Å². The first kappa shape index (κ1) is 14.6. The molecule has 2 heterocycles. The predicted octanol–water partition coefficient (Wildman–Crippen LogP) is 2.58. The van der Waals surface area contributed by atoms with E-state index in [1.165, 1.54) is 0 Å². The van der Waals surface area contributed by atoms with Crippen molar-refractivity contribution in [2.45, 2.75) is 31.4 Å². The summed E-state index contributed by atoms with van der Waals surface area (Å²) in [4.78, 5) is 2.30. The van der Waals surface area contributed by atoms with Crippen LogP contribution in [-0.4, -0.2) is 37.0 Å². The summed E-state index contributed by atoms with van der Waals surface area (Å²) in [6, 6.07) is 7.93. The van der Waals surface area contributed by atoms with Crippen molar-refractivity contribution in [1.82, 2.24) is 0 Å². The average Bonchev–Trinajstić information content (AvgIpc) is 2.97. The summed E-state index contributed by atoms with van der Waals surface area (Å²) in [6.07, 6.45) is 2.58. The maximum atomic E-state index is 10.3. The first-order valence-electron chi connectivity index (χ1n) is 7.43. The van der Waals surface area contributed by atoms with Crippen LogP contribution in [0.3, 0.4) is 0 Å². The van der Waals surface area contributed by atoms with Gasteiger partial charge in [0.25, 0.3) is 0 Å². The van der Waals surface area contributed by atoms with E-state index in [4.69, 9.17) is 21.6 Å². The molecular formula is C16H19ClN2O2. The van der Waals surface area contributed by atoms with E-state index in [2.05, 4.69) is 11.0 Å². The van der Waals surface area contributed by atoms with E-state index in [-0.39, 0.29) is 18.1 Å². The van der Waals surface area contributed by atoms with Gasteiger partial charge >= 0.3 is 0 Å². The highest BCUT2D eigenvalue weighted by Gasteiger charge is 2.37. The number of anilines is 1. The van der Waals surface area contributed by atoms with Gasteiger partial charge in [-0.2, -0.15) is 5.26 Å². The Labute approximate surface area is 129 Å². The van der Waals surface area contributed by atoms with E-state index in [1.807, 2.05) is 12.1 Å². The smallest absolute Gasteiger partial charge is 0.101 e. The predicted molar refractivity (Wildman–Crippen MR) is 81.5 cm³/mol. The molecule has 0 unspecified atom stereocenters. The van der Waals surface area contributed by atoms with E-state index in [0.29, 0.717) is 30.2 Å². The molecule has 0 aromatic heterocycles. The molecule has 0 aliphatic carbocycles. The van der Waals surface area contributed by atoms with Crippen LogP contribution < -0.4 is 4.90 Å². The van der Waals surface area contributed by atoms with Gasteiger partial charge < -0.3 is 14.7 Å². The second-order valence-electron chi connectivity index (χ2n) is 5.77. The highest BCUT2D eigenvalue weighted by molar-refractivity contribution is 6.32. The number of nitrogens with zero attached hydrogens (tertiary/aromatic N) is 2. The molecule has 0 amide bonds. The molecular weight excluding hydrogens is 288 g/mol. The van der Waals surface area contributed by atoms with Crippen LogP contribution in [-0.2, 0) is 4.74 Å². The zero-order valence-electron chi connectivity index (χ0n) is 11.8. The molecule has 2 aliphatic heterocycles. The van der Waals surface area contributed by atoms with Gasteiger partial charge in [-0.3, -0.25) is 0 Å². The lowest BCUT2D eigenvalue weighted by molar-refractivity contribution is -0.0437. The minimum absolute atomic E-state index is 0.149. The highest BCUT2D eigenvalue weighted by atomic mass is 35.5. The number of halogens is 1. The van der Waals surface area contributed by atoms with Crippen LogP contribution in [0, 0.1) is 17.2 Å². The molecule has 5 heteroatoms. The topological polar surface area (TPSA) is 56.5 Å². The Hall–Kier alpha value is -1.28. The number of ether oxygens (including phenoxy) is 1. The lowest BCUT2D eigenvalue weighted by atomic mass is 9.89. The summed E-state index contributed by atoms with van der Waals surface area (Å²) >= 11 is 6.15. The van der Waals surface area contributed by atoms with Crippen LogP contribution in [0.1, 0.15) is 24.8 Å². The summed E-state index contributed by atoms with van der Waals surface area (Å²) in [6.45, 7) is 2.22. The first-order valence-corrected chi connectivity index (χ1v) is 7.80. The van der Waals surface area contributed by atoms with Gasteiger partial charge in [0.05, 0.1) is 23.3 Å². The monoisotopic (exact) mass is 306 g/mol. The Morgan fingerprint density at radius 1 is 1.38 bits per heavy atom. The van der Waals surface area contributed by atoms with Gasteiger partial charge in [-0.1, -0.05) is 11.6 Å². The maximum absolute atomic E-state index is 10.3. The molecule has 1 aromatic carbocycles. The van der Waals surface area contributed by atoms with Crippen molar-refractivity contribution in [2.75, 3.05) is 24.7 Å². The van der Waals surface area contributed by atoms with Crippen LogP contribution in [0.4, 0.5) is 5.69 Å². The Morgan fingerprint density at radius 2 is 2.24 bits per heavy atom. The SMILES string of the molecule is N#Cc1ccc(N2CCC[C@@H]2[C@@H]2COCC[C@@H]2O)cc1Cl. The van der Waals surface area contributed by atoms with Gasteiger partial charge in [-0.15, -0.1) is 0 Å². The Bertz CT molecular complexity index is 558. The third kappa shape index (κ3) is 2.87. The van der Waals surface area contributed by atoms with Gasteiger partial charge in [0.2, 0.25) is 0 Å². The minimum atomic E-state index is -0.293. The number of nitriles is 1. The second-order valence-corrected chi connectivity index (χ2v) is 6.18. The van der Waals surface area contributed by atoms with Gasteiger partial charge in [-0.25, -0.2) is 0 Å². The Kier molecular flexibility index (Phi) is 4.34. The molecule has 2 saturated heterocycles. The van der Waals surface area contributed by atoms with E-state index in [0.717, 1.165) is 25.1 Å². The Morgan fingerprint density at radius 3 is 2.95 bits per heavy atom. The third-order valence-corrected chi connectivity index (χ3v) is 4.87. The number of benzene rings is 1. The summed E-state index contributed by atoms with van der Waals surface area (Å²) < 4.78 is 5.55. The fourth-order valence-corrected chi connectivity index (χ4v) is 3.66.